The zero-order valence-electron chi connectivity index (χ0n) is 9.59. The normalized spacial score (nSPS) is 18.1. The highest BCUT2D eigenvalue weighted by molar-refractivity contribution is 6.08. The number of hydrogen-bond acceptors (Lipinski definition) is 2. The van der Waals surface area contributed by atoms with Crippen LogP contribution in [0.25, 0.3) is 0 Å². The first kappa shape index (κ1) is 10.0. The van der Waals surface area contributed by atoms with E-state index in [1.165, 1.54) is 0 Å². The third-order valence-corrected chi connectivity index (χ3v) is 3.17. The third-order valence-electron chi connectivity index (χ3n) is 3.17. The molecule has 1 aromatic rings. The number of aryl methyl sites for hydroxylation is 1. The summed E-state index contributed by atoms with van der Waals surface area (Å²) in [6.07, 6.45) is 0. The Kier molecular flexibility index (Phi) is 1.84. The summed E-state index contributed by atoms with van der Waals surface area (Å²) in [6.45, 7) is 5.87. The van der Waals surface area contributed by atoms with E-state index in [1.54, 1.807) is 4.90 Å². The Balaban J connectivity index is 2.77. The fraction of sp³-hybridized carbons (Fsp3) is 0.417. The van der Waals surface area contributed by atoms with Gasteiger partial charge >= 0.3 is 0 Å². The number of benzene rings is 1. The van der Waals surface area contributed by atoms with Crippen molar-refractivity contribution in [2.75, 3.05) is 17.7 Å². The van der Waals surface area contributed by atoms with Crippen molar-refractivity contribution in [2.45, 2.75) is 26.2 Å². The molecule has 3 heteroatoms. The molecule has 0 unspecified atom stereocenters. The molecule has 0 aliphatic carbocycles. The minimum Gasteiger partial charge on any atom is -0.399 e. The fourth-order valence-corrected chi connectivity index (χ4v) is 2.37. The molecule has 0 atom stereocenters. The molecule has 0 spiro atoms. The summed E-state index contributed by atoms with van der Waals surface area (Å²) >= 11 is 0. The Morgan fingerprint density at radius 1 is 1.33 bits per heavy atom. The van der Waals surface area contributed by atoms with Gasteiger partial charge in [0.05, 0.1) is 11.1 Å². The SMILES string of the molecule is Cc1cc(N)cc2c1N(C)C(=O)C2(C)C. The van der Waals surface area contributed by atoms with Crippen molar-refractivity contribution in [3.05, 3.63) is 23.3 Å². The molecule has 1 aliphatic rings. The van der Waals surface area contributed by atoms with Crippen LogP contribution in [-0.4, -0.2) is 13.0 Å². The number of fused-ring (bicyclic) bond motifs is 1. The summed E-state index contributed by atoms with van der Waals surface area (Å²) in [6, 6.07) is 3.81. The fourth-order valence-electron chi connectivity index (χ4n) is 2.37. The van der Waals surface area contributed by atoms with Crippen molar-refractivity contribution in [3.63, 3.8) is 0 Å². The highest BCUT2D eigenvalue weighted by Gasteiger charge is 2.42. The van der Waals surface area contributed by atoms with Gasteiger partial charge in [-0.1, -0.05) is 0 Å². The van der Waals surface area contributed by atoms with Crippen LogP contribution in [0.1, 0.15) is 25.0 Å². The largest absolute Gasteiger partial charge is 0.399 e. The minimum absolute atomic E-state index is 0.131. The number of hydrogen-bond donors (Lipinski definition) is 1. The van der Waals surface area contributed by atoms with E-state index in [9.17, 15) is 4.79 Å². The second-order valence-corrected chi connectivity index (χ2v) is 4.72. The Morgan fingerprint density at radius 3 is 2.53 bits per heavy atom. The smallest absolute Gasteiger partial charge is 0.236 e. The second kappa shape index (κ2) is 2.75. The summed E-state index contributed by atoms with van der Waals surface area (Å²) < 4.78 is 0. The lowest BCUT2D eigenvalue weighted by molar-refractivity contribution is -0.121. The molecule has 0 saturated carbocycles. The summed E-state index contributed by atoms with van der Waals surface area (Å²) in [4.78, 5) is 13.8. The molecule has 1 amide bonds. The molecule has 2 rings (SSSR count). The van der Waals surface area contributed by atoms with Crippen molar-refractivity contribution < 1.29 is 4.79 Å². The first-order valence-corrected chi connectivity index (χ1v) is 5.04. The van der Waals surface area contributed by atoms with Gasteiger partial charge in [0.15, 0.2) is 0 Å². The minimum atomic E-state index is -0.454. The molecule has 0 radical (unpaired) electrons. The zero-order chi connectivity index (χ0) is 11.4. The van der Waals surface area contributed by atoms with Crippen LogP contribution in [0.4, 0.5) is 11.4 Å². The Labute approximate surface area is 89.9 Å². The van der Waals surface area contributed by atoms with Gasteiger partial charge in [-0.15, -0.1) is 0 Å². The summed E-state index contributed by atoms with van der Waals surface area (Å²) in [5.74, 6) is 0.131. The number of rotatable bonds is 0. The summed E-state index contributed by atoms with van der Waals surface area (Å²) in [5, 5.41) is 0. The lowest BCUT2D eigenvalue weighted by Crippen LogP contribution is -2.33. The molecule has 1 heterocycles. The van der Waals surface area contributed by atoms with Crippen molar-refractivity contribution in [1.82, 2.24) is 0 Å². The van der Waals surface area contributed by atoms with Crippen LogP contribution < -0.4 is 10.6 Å². The predicted molar refractivity (Wildman–Crippen MR) is 62.0 cm³/mol. The molecule has 15 heavy (non-hydrogen) atoms. The number of amides is 1. The number of likely N-dealkylation sites (N-methyl/N-ethyl adjacent to an activating group) is 1. The highest BCUT2D eigenvalue weighted by Crippen LogP contribution is 2.43. The standard InChI is InChI=1S/C12H16N2O/c1-7-5-8(13)6-9-10(7)14(4)11(15)12(9,2)3/h5-6H,13H2,1-4H3. The van der Waals surface area contributed by atoms with E-state index in [0.29, 0.717) is 0 Å². The number of nitrogens with zero attached hydrogens (tertiary/aromatic N) is 1. The number of anilines is 2. The lowest BCUT2D eigenvalue weighted by Gasteiger charge is -2.16. The maximum Gasteiger partial charge on any atom is 0.236 e. The molecular weight excluding hydrogens is 188 g/mol. The number of nitrogen functional groups attached to an aromatic ring is 1. The van der Waals surface area contributed by atoms with Crippen molar-refractivity contribution in [1.29, 1.82) is 0 Å². The molecule has 2 N–H and O–H groups in total. The van der Waals surface area contributed by atoms with Gasteiger partial charge in [-0.3, -0.25) is 4.79 Å². The topological polar surface area (TPSA) is 46.3 Å². The zero-order valence-corrected chi connectivity index (χ0v) is 9.59. The van der Waals surface area contributed by atoms with E-state index in [1.807, 2.05) is 40.0 Å². The molecule has 0 saturated heterocycles. The lowest BCUT2D eigenvalue weighted by atomic mass is 9.85. The first-order valence-electron chi connectivity index (χ1n) is 5.04. The van der Waals surface area contributed by atoms with Gasteiger partial charge in [-0.2, -0.15) is 0 Å². The summed E-state index contributed by atoms with van der Waals surface area (Å²) in [7, 11) is 1.82. The average molecular weight is 204 g/mol. The van der Waals surface area contributed by atoms with E-state index in [4.69, 9.17) is 5.73 Å². The van der Waals surface area contributed by atoms with Gasteiger partial charge in [0.1, 0.15) is 0 Å². The average Bonchev–Trinajstić information content (AvgIpc) is 2.28. The van der Waals surface area contributed by atoms with Crippen LogP contribution in [0.15, 0.2) is 12.1 Å². The van der Waals surface area contributed by atoms with Crippen molar-refractivity contribution >= 4 is 17.3 Å². The van der Waals surface area contributed by atoms with Gasteiger partial charge < -0.3 is 10.6 Å². The van der Waals surface area contributed by atoms with Crippen LogP contribution in [0, 0.1) is 6.92 Å². The Bertz CT molecular complexity index is 449. The molecule has 1 aliphatic heterocycles. The van der Waals surface area contributed by atoms with Gasteiger partial charge in [-0.25, -0.2) is 0 Å². The van der Waals surface area contributed by atoms with Crippen LogP contribution >= 0.6 is 0 Å². The van der Waals surface area contributed by atoms with Crippen LogP contribution in [-0.2, 0) is 10.2 Å². The van der Waals surface area contributed by atoms with Gasteiger partial charge in [-0.05, 0) is 44.0 Å². The molecule has 3 nitrogen and oxygen atoms in total. The van der Waals surface area contributed by atoms with E-state index >= 15 is 0 Å². The third kappa shape index (κ3) is 1.16. The molecule has 0 aromatic heterocycles. The highest BCUT2D eigenvalue weighted by atomic mass is 16.2. The maximum atomic E-state index is 12.0. The summed E-state index contributed by atoms with van der Waals surface area (Å²) in [5.41, 5.74) is 9.19. The van der Waals surface area contributed by atoms with Crippen LogP contribution in [0.5, 0.6) is 0 Å². The molecule has 0 bridgehead atoms. The van der Waals surface area contributed by atoms with Gasteiger partial charge in [0.2, 0.25) is 5.91 Å². The molecule has 1 aromatic carbocycles. The molecule has 80 valence electrons. The van der Waals surface area contributed by atoms with Gasteiger partial charge in [0, 0.05) is 12.7 Å². The maximum absolute atomic E-state index is 12.0. The van der Waals surface area contributed by atoms with E-state index in [-0.39, 0.29) is 5.91 Å². The quantitative estimate of drug-likeness (QED) is 0.655. The van der Waals surface area contributed by atoms with E-state index < -0.39 is 5.41 Å². The van der Waals surface area contributed by atoms with Crippen molar-refractivity contribution in [3.8, 4) is 0 Å². The monoisotopic (exact) mass is 204 g/mol. The number of carbonyl (C=O) groups excluding carboxylic acids is 1. The van der Waals surface area contributed by atoms with Crippen LogP contribution in [0.2, 0.25) is 0 Å². The van der Waals surface area contributed by atoms with E-state index in [2.05, 4.69) is 0 Å². The second-order valence-electron chi connectivity index (χ2n) is 4.72. The van der Waals surface area contributed by atoms with E-state index in [0.717, 1.165) is 22.5 Å². The Morgan fingerprint density at radius 2 is 1.93 bits per heavy atom. The Hall–Kier alpha value is -1.51. The number of carbonyl (C=O) groups is 1. The first-order chi connectivity index (χ1) is 6.85. The number of nitrogens with two attached hydrogens (primary N) is 1. The molecule has 0 fully saturated rings. The van der Waals surface area contributed by atoms with Gasteiger partial charge in [0.25, 0.3) is 0 Å². The predicted octanol–water partition coefficient (Wildman–Crippen LogP) is 1.83. The van der Waals surface area contributed by atoms with Crippen molar-refractivity contribution in [2.24, 2.45) is 0 Å². The van der Waals surface area contributed by atoms with Crippen LogP contribution in [0.3, 0.4) is 0 Å². The molecular formula is C12H16N2O.